The second-order valence-corrected chi connectivity index (χ2v) is 6.72. The smallest absolute Gasteiger partial charge is 0.136 e. The van der Waals surface area contributed by atoms with Crippen LogP contribution < -0.4 is 0 Å². The van der Waals surface area contributed by atoms with Crippen molar-refractivity contribution in [2.24, 2.45) is 4.99 Å². The molecule has 4 aromatic rings. The van der Waals surface area contributed by atoms with Gasteiger partial charge in [0.1, 0.15) is 5.54 Å². The fourth-order valence-electron chi connectivity index (χ4n) is 3.62. The van der Waals surface area contributed by atoms with Crippen molar-refractivity contribution in [1.29, 1.82) is 0 Å². The molecule has 0 aliphatic heterocycles. The highest BCUT2D eigenvalue weighted by Gasteiger charge is 2.36. The quantitative estimate of drug-likeness (QED) is 0.321. The Labute approximate surface area is 166 Å². The molecular weight excluding hydrogens is 340 g/mol. The molecular formula is C26H22N2. The fraction of sp³-hybridized carbons (Fsp3) is 0.0769. The third-order valence-electron chi connectivity index (χ3n) is 4.95. The molecule has 0 bridgehead atoms. The Hall–Kier alpha value is -3.52. The standard InChI is InChI=1S/C26H22N2/c1-21(25-19-11-12-20-27-25)28-26(22-13-5-2-6-14-22,23-15-7-3-8-16-23)24-17-9-4-10-18-24/h2-20H,1H3. The molecule has 0 radical (unpaired) electrons. The number of aromatic nitrogens is 1. The van der Waals surface area contributed by atoms with Gasteiger partial charge in [-0.25, -0.2) is 0 Å². The van der Waals surface area contributed by atoms with Crippen LogP contribution in [-0.4, -0.2) is 10.7 Å². The van der Waals surface area contributed by atoms with Gasteiger partial charge in [-0.05, 0) is 35.7 Å². The molecule has 0 saturated carbocycles. The van der Waals surface area contributed by atoms with Gasteiger partial charge in [0.2, 0.25) is 0 Å². The van der Waals surface area contributed by atoms with Crippen molar-refractivity contribution in [3.05, 3.63) is 138 Å². The molecule has 1 heterocycles. The molecule has 28 heavy (non-hydrogen) atoms. The van der Waals surface area contributed by atoms with E-state index in [4.69, 9.17) is 4.99 Å². The maximum atomic E-state index is 5.34. The van der Waals surface area contributed by atoms with E-state index in [9.17, 15) is 0 Å². The number of rotatable bonds is 5. The van der Waals surface area contributed by atoms with E-state index in [0.29, 0.717) is 0 Å². The van der Waals surface area contributed by atoms with Crippen LogP contribution in [-0.2, 0) is 5.54 Å². The zero-order chi connectivity index (χ0) is 19.2. The minimum Gasteiger partial charge on any atom is -0.267 e. The first-order valence-electron chi connectivity index (χ1n) is 9.45. The summed E-state index contributed by atoms with van der Waals surface area (Å²) in [7, 11) is 0. The molecule has 0 N–H and O–H groups in total. The normalized spacial score (nSPS) is 12.0. The van der Waals surface area contributed by atoms with Crippen molar-refractivity contribution in [2.75, 3.05) is 0 Å². The van der Waals surface area contributed by atoms with Crippen LogP contribution in [0.5, 0.6) is 0 Å². The van der Waals surface area contributed by atoms with Gasteiger partial charge in [0.15, 0.2) is 0 Å². The van der Waals surface area contributed by atoms with Gasteiger partial charge in [-0.15, -0.1) is 0 Å². The van der Waals surface area contributed by atoms with Crippen LogP contribution in [0.1, 0.15) is 29.3 Å². The summed E-state index contributed by atoms with van der Waals surface area (Å²) >= 11 is 0. The second kappa shape index (κ2) is 8.01. The summed E-state index contributed by atoms with van der Waals surface area (Å²) < 4.78 is 0. The number of aliphatic imine (C=N–C) groups is 1. The summed E-state index contributed by atoms with van der Waals surface area (Å²) in [4.78, 5) is 9.86. The van der Waals surface area contributed by atoms with Gasteiger partial charge in [-0.3, -0.25) is 9.98 Å². The highest BCUT2D eigenvalue weighted by Crippen LogP contribution is 2.41. The minimum atomic E-state index is -0.647. The van der Waals surface area contributed by atoms with Crippen LogP contribution in [0.25, 0.3) is 0 Å². The Morgan fingerprint density at radius 2 is 1.04 bits per heavy atom. The first-order valence-corrected chi connectivity index (χ1v) is 9.45. The zero-order valence-corrected chi connectivity index (χ0v) is 15.9. The predicted octanol–water partition coefficient (Wildman–Crippen LogP) is 5.88. The van der Waals surface area contributed by atoms with E-state index >= 15 is 0 Å². The Morgan fingerprint density at radius 3 is 1.43 bits per heavy atom. The van der Waals surface area contributed by atoms with Crippen LogP contribution in [0, 0.1) is 0 Å². The SMILES string of the molecule is CC(=NC(c1ccccc1)(c1ccccc1)c1ccccc1)c1ccccn1. The highest BCUT2D eigenvalue weighted by molar-refractivity contribution is 5.97. The molecule has 0 amide bonds. The molecule has 0 fully saturated rings. The van der Waals surface area contributed by atoms with E-state index in [0.717, 1.165) is 28.1 Å². The van der Waals surface area contributed by atoms with Gasteiger partial charge in [0.25, 0.3) is 0 Å². The highest BCUT2D eigenvalue weighted by atomic mass is 14.9. The molecule has 0 aliphatic rings. The van der Waals surface area contributed by atoms with Crippen molar-refractivity contribution >= 4 is 5.71 Å². The maximum absolute atomic E-state index is 5.34. The van der Waals surface area contributed by atoms with Gasteiger partial charge in [-0.2, -0.15) is 0 Å². The summed E-state index contributed by atoms with van der Waals surface area (Å²) in [5.41, 5.74) is 4.52. The van der Waals surface area contributed by atoms with Crippen molar-refractivity contribution in [3.63, 3.8) is 0 Å². The lowest BCUT2D eigenvalue weighted by Crippen LogP contribution is -2.28. The van der Waals surface area contributed by atoms with E-state index < -0.39 is 5.54 Å². The molecule has 0 atom stereocenters. The molecule has 0 saturated heterocycles. The van der Waals surface area contributed by atoms with E-state index in [2.05, 4.69) is 77.8 Å². The lowest BCUT2D eigenvalue weighted by molar-refractivity contribution is 0.656. The van der Waals surface area contributed by atoms with E-state index in [1.165, 1.54) is 0 Å². The van der Waals surface area contributed by atoms with Crippen LogP contribution in [0.2, 0.25) is 0 Å². The Balaban J connectivity index is 2.04. The maximum Gasteiger partial charge on any atom is 0.136 e. The number of pyridine rings is 1. The first kappa shape index (κ1) is 17.9. The Kier molecular flexibility index (Phi) is 5.11. The molecule has 3 aromatic carbocycles. The summed E-state index contributed by atoms with van der Waals surface area (Å²) in [5, 5.41) is 0. The molecule has 2 nitrogen and oxygen atoms in total. The van der Waals surface area contributed by atoms with Crippen LogP contribution in [0.3, 0.4) is 0 Å². The van der Waals surface area contributed by atoms with Gasteiger partial charge >= 0.3 is 0 Å². The van der Waals surface area contributed by atoms with Crippen LogP contribution in [0.15, 0.2) is 120 Å². The second-order valence-electron chi connectivity index (χ2n) is 6.72. The third-order valence-corrected chi connectivity index (χ3v) is 4.95. The monoisotopic (exact) mass is 362 g/mol. The number of hydrogen-bond acceptors (Lipinski definition) is 2. The summed E-state index contributed by atoms with van der Waals surface area (Å²) in [6.45, 7) is 2.03. The molecule has 0 spiro atoms. The van der Waals surface area contributed by atoms with Crippen LogP contribution in [0.4, 0.5) is 0 Å². The zero-order valence-electron chi connectivity index (χ0n) is 15.9. The van der Waals surface area contributed by atoms with E-state index in [1.807, 2.05) is 49.5 Å². The van der Waals surface area contributed by atoms with Gasteiger partial charge in [0.05, 0.1) is 11.4 Å². The molecule has 0 aliphatic carbocycles. The van der Waals surface area contributed by atoms with Gasteiger partial charge in [0, 0.05) is 6.20 Å². The van der Waals surface area contributed by atoms with Crippen molar-refractivity contribution < 1.29 is 0 Å². The predicted molar refractivity (Wildman–Crippen MR) is 116 cm³/mol. The molecule has 4 rings (SSSR count). The fourth-order valence-corrected chi connectivity index (χ4v) is 3.62. The molecule has 136 valence electrons. The summed E-state index contributed by atoms with van der Waals surface area (Å²) in [5.74, 6) is 0. The summed E-state index contributed by atoms with van der Waals surface area (Å²) in [6.07, 6.45) is 1.81. The number of benzene rings is 3. The Bertz CT molecular complexity index is 944. The third kappa shape index (κ3) is 3.37. The van der Waals surface area contributed by atoms with E-state index in [-0.39, 0.29) is 0 Å². The lowest BCUT2D eigenvalue weighted by Gasteiger charge is -2.33. The minimum absolute atomic E-state index is 0.647. The molecule has 2 heteroatoms. The Morgan fingerprint density at radius 1 is 0.607 bits per heavy atom. The topological polar surface area (TPSA) is 25.2 Å². The van der Waals surface area contributed by atoms with Crippen molar-refractivity contribution in [2.45, 2.75) is 12.5 Å². The lowest BCUT2D eigenvalue weighted by atomic mass is 9.77. The van der Waals surface area contributed by atoms with Gasteiger partial charge in [-0.1, -0.05) is 97.1 Å². The molecule has 0 unspecified atom stereocenters. The van der Waals surface area contributed by atoms with E-state index in [1.54, 1.807) is 0 Å². The molecule has 1 aromatic heterocycles. The average Bonchev–Trinajstić information content (AvgIpc) is 2.80. The van der Waals surface area contributed by atoms with Crippen molar-refractivity contribution in [1.82, 2.24) is 4.98 Å². The largest absolute Gasteiger partial charge is 0.267 e. The summed E-state index contributed by atoms with van der Waals surface area (Å²) in [6, 6.07) is 37.4. The number of hydrogen-bond donors (Lipinski definition) is 0. The van der Waals surface area contributed by atoms with Crippen LogP contribution >= 0.6 is 0 Å². The first-order chi connectivity index (χ1) is 13.8. The average molecular weight is 362 g/mol. The number of nitrogens with zero attached hydrogens (tertiary/aromatic N) is 2. The van der Waals surface area contributed by atoms with Crippen molar-refractivity contribution in [3.8, 4) is 0 Å². The van der Waals surface area contributed by atoms with Gasteiger partial charge < -0.3 is 0 Å².